The van der Waals surface area contributed by atoms with E-state index in [2.05, 4.69) is 10.5 Å². The molecule has 0 aliphatic rings. The SMILES string of the molecule is O=C(N/N=C/c1ccc(F)cc1)C(O)(c1ccccc1)c1ccccc1. The van der Waals surface area contributed by atoms with Crippen LogP contribution in [0.3, 0.4) is 0 Å². The lowest BCUT2D eigenvalue weighted by molar-refractivity contribution is -0.136. The Kier molecular flexibility index (Phi) is 5.20. The number of halogens is 1. The largest absolute Gasteiger partial charge is 0.372 e. The van der Waals surface area contributed by atoms with Crippen LogP contribution in [0, 0.1) is 5.82 Å². The van der Waals surface area contributed by atoms with Crippen LogP contribution in [0.1, 0.15) is 16.7 Å². The van der Waals surface area contributed by atoms with Crippen LogP contribution in [-0.4, -0.2) is 17.2 Å². The summed E-state index contributed by atoms with van der Waals surface area (Å²) in [5, 5.41) is 15.1. The minimum Gasteiger partial charge on any atom is -0.372 e. The van der Waals surface area contributed by atoms with Gasteiger partial charge in [-0.3, -0.25) is 4.79 Å². The average Bonchev–Trinajstić information content (AvgIpc) is 2.70. The summed E-state index contributed by atoms with van der Waals surface area (Å²) in [6.45, 7) is 0. The third-order valence-electron chi connectivity index (χ3n) is 3.96. The number of nitrogens with zero attached hydrogens (tertiary/aromatic N) is 1. The molecule has 3 rings (SSSR count). The Bertz CT molecular complexity index is 855. The first-order chi connectivity index (χ1) is 12.6. The lowest BCUT2D eigenvalue weighted by atomic mass is 9.85. The molecule has 2 N–H and O–H groups in total. The van der Waals surface area contributed by atoms with E-state index in [0.29, 0.717) is 16.7 Å². The van der Waals surface area contributed by atoms with Gasteiger partial charge in [0.1, 0.15) is 5.82 Å². The first-order valence-corrected chi connectivity index (χ1v) is 8.03. The van der Waals surface area contributed by atoms with Gasteiger partial charge >= 0.3 is 0 Å². The van der Waals surface area contributed by atoms with Crippen LogP contribution in [0.25, 0.3) is 0 Å². The summed E-state index contributed by atoms with van der Waals surface area (Å²) in [5.74, 6) is -1.04. The van der Waals surface area contributed by atoms with E-state index in [1.54, 1.807) is 60.7 Å². The van der Waals surface area contributed by atoms with Crippen molar-refractivity contribution in [2.24, 2.45) is 5.10 Å². The molecule has 0 bridgehead atoms. The molecule has 0 saturated heterocycles. The topological polar surface area (TPSA) is 61.7 Å². The van der Waals surface area contributed by atoms with Crippen molar-refractivity contribution >= 4 is 12.1 Å². The summed E-state index contributed by atoms with van der Waals surface area (Å²) in [4.78, 5) is 12.8. The van der Waals surface area contributed by atoms with Gasteiger partial charge in [-0.25, -0.2) is 9.82 Å². The number of benzene rings is 3. The molecule has 0 aliphatic heterocycles. The van der Waals surface area contributed by atoms with Crippen molar-refractivity contribution in [2.45, 2.75) is 5.60 Å². The summed E-state index contributed by atoms with van der Waals surface area (Å²) in [5.41, 5.74) is 1.97. The molecule has 5 heteroatoms. The summed E-state index contributed by atoms with van der Waals surface area (Å²) >= 11 is 0. The fraction of sp³-hybridized carbons (Fsp3) is 0.0476. The zero-order valence-corrected chi connectivity index (χ0v) is 13.8. The molecule has 1 amide bonds. The van der Waals surface area contributed by atoms with Crippen LogP contribution in [0.2, 0.25) is 0 Å². The number of hydrogen-bond donors (Lipinski definition) is 2. The second-order valence-corrected chi connectivity index (χ2v) is 5.69. The Labute approximate surface area is 150 Å². The highest BCUT2D eigenvalue weighted by atomic mass is 19.1. The van der Waals surface area contributed by atoms with Gasteiger partial charge in [-0.15, -0.1) is 0 Å². The number of hydrogen-bond acceptors (Lipinski definition) is 3. The van der Waals surface area contributed by atoms with Crippen LogP contribution < -0.4 is 5.43 Å². The molecule has 0 spiro atoms. The lowest BCUT2D eigenvalue weighted by Crippen LogP contribution is -2.43. The molecular weight excluding hydrogens is 331 g/mol. The third kappa shape index (κ3) is 3.68. The highest BCUT2D eigenvalue weighted by Gasteiger charge is 2.39. The second kappa shape index (κ2) is 7.72. The maximum Gasteiger partial charge on any atom is 0.281 e. The summed E-state index contributed by atoms with van der Waals surface area (Å²) in [6, 6.07) is 23.0. The quantitative estimate of drug-likeness (QED) is 0.549. The molecule has 0 heterocycles. The molecule has 0 saturated carbocycles. The van der Waals surface area contributed by atoms with Crippen molar-refractivity contribution < 1.29 is 14.3 Å². The Balaban J connectivity index is 1.87. The molecule has 130 valence electrons. The maximum atomic E-state index is 12.9. The first kappa shape index (κ1) is 17.5. The van der Waals surface area contributed by atoms with Crippen LogP contribution in [0.5, 0.6) is 0 Å². The molecule has 0 fully saturated rings. The number of rotatable bonds is 5. The molecular formula is C21H17FN2O2. The molecule has 0 unspecified atom stereocenters. The van der Waals surface area contributed by atoms with E-state index in [0.717, 1.165) is 0 Å². The zero-order valence-electron chi connectivity index (χ0n) is 13.8. The van der Waals surface area contributed by atoms with Gasteiger partial charge < -0.3 is 5.11 Å². The normalized spacial score (nSPS) is 11.5. The molecule has 3 aromatic rings. The predicted molar refractivity (Wildman–Crippen MR) is 98.0 cm³/mol. The molecule has 0 radical (unpaired) electrons. The van der Waals surface area contributed by atoms with E-state index >= 15 is 0 Å². The highest BCUT2D eigenvalue weighted by molar-refractivity contribution is 5.91. The van der Waals surface area contributed by atoms with Crippen molar-refractivity contribution in [1.29, 1.82) is 0 Å². The average molecular weight is 348 g/mol. The second-order valence-electron chi connectivity index (χ2n) is 5.69. The van der Waals surface area contributed by atoms with E-state index in [-0.39, 0.29) is 5.82 Å². The fourth-order valence-electron chi connectivity index (χ4n) is 2.58. The molecule has 4 nitrogen and oxygen atoms in total. The first-order valence-electron chi connectivity index (χ1n) is 8.03. The maximum absolute atomic E-state index is 12.9. The van der Waals surface area contributed by atoms with Crippen molar-refractivity contribution in [3.8, 4) is 0 Å². The minimum atomic E-state index is -1.89. The van der Waals surface area contributed by atoms with Gasteiger partial charge in [0.2, 0.25) is 0 Å². The van der Waals surface area contributed by atoms with Crippen molar-refractivity contribution in [1.82, 2.24) is 5.43 Å². The zero-order chi connectivity index (χ0) is 18.4. The summed E-state index contributed by atoms with van der Waals surface area (Å²) in [6.07, 6.45) is 1.38. The Hall–Kier alpha value is -3.31. The van der Waals surface area contributed by atoms with Gasteiger partial charge in [0, 0.05) is 0 Å². The van der Waals surface area contributed by atoms with Gasteiger partial charge in [0.25, 0.3) is 5.91 Å². The van der Waals surface area contributed by atoms with Crippen LogP contribution in [-0.2, 0) is 10.4 Å². The third-order valence-corrected chi connectivity index (χ3v) is 3.96. The molecule has 0 atom stereocenters. The summed E-state index contributed by atoms with van der Waals surface area (Å²) < 4.78 is 12.9. The number of nitrogens with one attached hydrogen (secondary N) is 1. The number of carbonyl (C=O) groups is 1. The predicted octanol–water partition coefficient (Wildman–Crippen LogP) is 3.21. The van der Waals surface area contributed by atoms with E-state index in [1.807, 2.05) is 0 Å². The summed E-state index contributed by atoms with van der Waals surface area (Å²) in [7, 11) is 0. The van der Waals surface area contributed by atoms with Gasteiger partial charge in [0.15, 0.2) is 5.60 Å². The fourth-order valence-corrected chi connectivity index (χ4v) is 2.58. The van der Waals surface area contributed by atoms with Gasteiger partial charge in [-0.05, 0) is 28.8 Å². The van der Waals surface area contributed by atoms with Crippen molar-refractivity contribution in [3.05, 3.63) is 107 Å². The van der Waals surface area contributed by atoms with Crippen LogP contribution in [0.4, 0.5) is 4.39 Å². The molecule has 0 aromatic heterocycles. The molecule has 0 aliphatic carbocycles. The van der Waals surface area contributed by atoms with Gasteiger partial charge in [0.05, 0.1) is 6.21 Å². The highest BCUT2D eigenvalue weighted by Crippen LogP contribution is 2.29. The Morgan fingerprint density at radius 1 is 0.885 bits per heavy atom. The molecule has 26 heavy (non-hydrogen) atoms. The van der Waals surface area contributed by atoms with Crippen LogP contribution >= 0.6 is 0 Å². The van der Waals surface area contributed by atoms with E-state index in [9.17, 15) is 14.3 Å². The number of aliphatic hydroxyl groups is 1. The van der Waals surface area contributed by atoms with Gasteiger partial charge in [-0.2, -0.15) is 5.10 Å². The van der Waals surface area contributed by atoms with E-state index in [4.69, 9.17) is 0 Å². The molecule has 3 aromatic carbocycles. The van der Waals surface area contributed by atoms with Crippen LogP contribution in [0.15, 0.2) is 90.0 Å². The smallest absolute Gasteiger partial charge is 0.281 e. The van der Waals surface area contributed by atoms with Crippen molar-refractivity contribution in [3.63, 3.8) is 0 Å². The number of carbonyl (C=O) groups excluding carboxylic acids is 1. The standard InChI is InChI=1S/C21H17FN2O2/c22-19-13-11-16(12-14-19)15-23-24-20(25)21(26,17-7-3-1-4-8-17)18-9-5-2-6-10-18/h1-15,26H,(H,24,25)/b23-15+. The van der Waals surface area contributed by atoms with E-state index < -0.39 is 11.5 Å². The monoisotopic (exact) mass is 348 g/mol. The Morgan fingerprint density at radius 3 is 1.88 bits per heavy atom. The number of amides is 1. The Morgan fingerprint density at radius 2 is 1.38 bits per heavy atom. The lowest BCUT2D eigenvalue weighted by Gasteiger charge is -2.27. The minimum absolute atomic E-state index is 0.353. The van der Waals surface area contributed by atoms with E-state index in [1.165, 1.54) is 30.5 Å². The number of hydrazone groups is 1. The van der Waals surface area contributed by atoms with Crippen molar-refractivity contribution in [2.75, 3.05) is 0 Å². The van der Waals surface area contributed by atoms with Gasteiger partial charge in [-0.1, -0.05) is 72.8 Å².